The lowest BCUT2D eigenvalue weighted by molar-refractivity contribution is 0.212. The van der Waals surface area contributed by atoms with Gasteiger partial charge >= 0.3 is 7.60 Å². The number of rotatable bonds is 6. The van der Waals surface area contributed by atoms with Gasteiger partial charge in [-0.15, -0.1) is 0 Å². The Labute approximate surface area is 111 Å². The maximum Gasteiger partial charge on any atom is 0.351 e. The summed E-state index contributed by atoms with van der Waals surface area (Å²) in [5.41, 5.74) is 6.13. The Morgan fingerprint density at radius 2 is 1.94 bits per heavy atom. The SMILES string of the molecule is CCOP(=O)(OCC)[C@H](N)c1cccc(Cl)c1O. The molecule has 0 heterocycles. The van der Waals surface area contributed by atoms with Gasteiger partial charge in [0.2, 0.25) is 0 Å². The normalized spacial score (nSPS) is 13.6. The van der Waals surface area contributed by atoms with Gasteiger partial charge in [-0.1, -0.05) is 23.7 Å². The monoisotopic (exact) mass is 293 g/mol. The van der Waals surface area contributed by atoms with Crippen LogP contribution in [0.1, 0.15) is 25.2 Å². The first-order chi connectivity index (χ1) is 8.46. The van der Waals surface area contributed by atoms with E-state index in [0.29, 0.717) is 0 Å². The Balaban J connectivity index is 3.13. The minimum Gasteiger partial charge on any atom is -0.506 e. The van der Waals surface area contributed by atoms with E-state index >= 15 is 0 Å². The molecule has 0 saturated carbocycles. The Hall–Kier alpha value is -0.580. The second kappa shape index (κ2) is 6.55. The number of hydrogen-bond donors (Lipinski definition) is 2. The fraction of sp³-hybridized carbons (Fsp3) is 0.455. The summed E-state index contributed by atoms with van der Waals surface area (Å²) in [6.45, 7) is 3.78. The van der Waals surface area contributed by atoms with Gasteiger partial charge in [-0.3, -0.25) is 4.57 Å². The van der Waals surface area contributed by atoms with Crippen LogP contribution in [-0.2, 0) is 13.6 Å². The van der Waals surface area contributed by atoms with E-state index in [1.807, 2.05) is 0 Å². The third kappa shape index (κ3) is 3.25. The fourth-order valence-corrected chi connectivity index (χ4v) is 3.35. The van der Waals surface area contributed by atoms with Crippen LogP contribution < -0.4 is 5.73 Å². The fourth-order valence-electron chi connectivity index (χ4n) is 1.50. The molecule has 0 aliphatic carbocycles. The molecule has 0 amide bonds. The third-order valence-electron chi connectivity index (χ3n) is 2.30. The molecule has 1 aromatic rings. The van der Waals surface area contributed by atoms with E-state index in [1.54, 1.807) is 19.9 Å². The molecule has 1 aromatic carbocycles. The van der Waals surface area contributed by atoms with Gasteiger partial charge in [-0.2, -0.15) is 0 Å². The van der Waals surface area contributed by atoms with Crippen LogP contribution in [0.15, 0.2) is 18.2 Å². The number of aromatic hydroxyl groups is 1. The summed E-state index contributed by atoms with van der Waals surface area (Å²) >= 11 is 5.79. The number of nitrogens with two attached hydrogens (primary N) is 1. The van der Waals surface area contributed by atoms with Crippen molar-refractivity contribution in [2.75, 3.05) is 13.2 Å². The second-order valence-corrected chi connectivity index (χ2v) is 6.06. The van der Waals surface area contributed by atoms with Crippen LogP contribution in [0.2, 0.25) is 5.02 Å². The Bertz CT molecular complexity index is 445. The van der Waals surface area contributed by atoms with Gasteiger partial charge in [0.25, 0.3) is 0 Å². The van der Waals surface area contributed by atoms with Gasteiger partial charge in [-0.05, 0) is 19.9 Å². The molecule has 5 nitrogen and oxygen atoms in total. The van der Waals surface area contributed by atoms with E-state index in [2.05, 4.69) is 0 Å². The van der Waals surface area contributed by atoms with Crippen molar-refractivity contribution in [2.24, 2.45) is 5.73 Å². The number of para-hydroxylation sites is 1. The van der Waals surface area contributed by atoms with Crippen molar-refractivity contribution < 1.29 is 18.7 Å². The number of phenols is 1. The van der Waals surface area contributed by atoms with Crippen LogP contribution in [-0.4, -0.2) is 18.3 Å². The number of hydrogen-bond acceptors (Lipinski definition) is 5. The van der Waals surface area contributed by atoms with E-state index in [4.69, 9.17) is 26.4 Å². The lowest BCUT2D eigenvalue weighted by Crippen LogP contribution is -2.15. The molecule has 0 saturated heterocycles. The highest BCUT2D eigenvalue weighted by Crippen LogP contribution is 2.59. The summed E-state index contributed by atoms with van der Waals surface area (Å²) in [6.07, 6.45) is 0. The highest BCUT2D eigenvalue weighted by molar-refractivity contribution is 7.54. The maximum atomic E-state index is 12.5. The quantitative estimate of drug-likeness (QED) is 0.787. The van der Waals surface area contributed by atoms with Crippen LogP contribution in [0.25, 0.3) is 0 Å². The van der Waals surface area contributed by atoms with Gasteiger partial charge in [-0.25, -0.2) is 0 Å². The summed E-state index contributed by atoms with van der Waals surface area (Å²) in [5.74, 6) is -1.28. The van der Waals surface area contributed by atoms with E-state index < -0.39 is 13.4 Å². The molecule has 1 atom stereocenters. The van der Waals surface area contributed by atoms with E-state index in [0.717, 1.165) is 0 Å². The minimum absolute atomic E-state index is 0.141. The van der Waals surface area contributed by atoms with E-state index in [1.165, 1.54) is 12.1 Å². The number of halogens is 1. The first-order valence-corrected chi connectivity index (χ1v) is 7.57. The first-order valence-electron chi connectivity index (χ1n) is 5.58. The van der Waals surface area contributed by atoms with Gasteiger partial charge in [0, 0.05) is 5.56 Å². The largest absolute Gasteiger partial charge is 0.506 e. The Morgan fingerprint density at radius 3 is 2.44 bits per heavy atom. The molecular weight excluding hydrogens is 277 g/mol. The van der Waals surface area contributed by atoms with Gasteiger partial charge in [0.15, 0.2) is 0 Å². The van der Waals surface area contributed by atoms with E-state index in [9.17, 15) is 9.67 Å². The standard InChI is InChI=1S/C11H17ClNO4P/c1-3-16-18(15,17-4-2)11(13)8-6-5-7-9(12)10(8)14/h5-7,11,14H,3-4,13H2,1-2H3/t11-/m0/s1. The zero-order chi connectivity index (χ0) is 13.8. The second-order valence-electron chi connectivity index (χ2n) is 3.50. The Morgan fingerprint density at radius 1 is 1.39 bits per heavy atom. The predicted octanol–water partition coefficient (Wildman–Crippen LogP) is 3.27. The lowest BCUT2D eigenvalue weighted by Gasteiger charge is -2.24. The predicted molar refractivity (Wildman–Crippen MR) is 70.9 cm³/mol. The third-order valence-corrected chi connectivity index (χ3v) is 4.80. The minimum atomic E-state index is -3.52. The molecule has 0 fully saturated rings. The lowest BCUT2D eigenvalue weighted by atomic mass is 10.2. The summed E-state index contributed by atoms with van der Waals surface area (Å²) in [6, 6.07) is 4.66. The van der Waals surface area contributed by atoms with Crippen molar-refractivity contribution >= 4 is 19.2 Å². The zero-order valence-electron chi connectivity index (χ0n) is 10.3. The molecule has 0 aliphatic heterocycles. The number of phenolic OH excluding ortho intramolecular Hbond substituents is 1. The van der Waals surface area contributed by atoms with Crippen LogP contribution in [0, 0.1) is 0 Å². The zero-order valence-corrected chi connectivity index (χ0v) is 11.9. The molecule has 0 aromatic heterocycles. The molecule has 0 bridgehead atoms. The van der Waals surface area contributed by atoms with Crippen molar-refractivity contribution in [3.63, 3.8) is 0 Å². The summed E-state index contributed by atoms with van der Waals surface area (Å²) < 4.78 is 22.7. The van der Waals surface area contributed by atoms with Gasteiger partial charge in [0.1, 0.15) is 11.5 Å². The summed E-state index contributed by atoms with van der Waals surface area (Å²) in [4.78, 5) is 0. The molecule has 0 radical (unpaired) electrons. The van der Waals surface area contributed by atoms with Gasteiger partial charge < -0.3 is 19.9 Å². The van der Waals surface area contributed by atoms with Crippen molar-refractivity contribution in [1.29, 1.82) is 0 Å². The summed E-state index contributed by atoms with van der Waals surface area (Å²) in [5, 5.41) is 9.96. The maximum absolute atomic E-state index is 12.5. The average molecular weight is 294 g/mol. The Kier molecular flexibility index (Phi) is 5.63. The molecule has 0 unspecified atom stereocenters. The van der Waals surface area contributed by atoms with Crippen molar-refractivity contribution in [3.05, 3.63) is 28.8 Å². The molecule has 102 valence electrons. The van der Waals surface area contributed by atoms with Crippen LogP contribution in [0.4, 0.5) is 0 Å². The molecule has 0 aliphatic rings. The van der Waals surface area contributed by atoms with Crippen molar-refractivity contribution in [1.82, 2.24) is 0 Å². The molecule has 18 heavy (non-hydrogen) atoms. The van der Waals surface area contributed by atoms with Crippen molar-refractivity contribution in [2.45, 2.75) is 19.6 Å². The topological polar surface area (TPSA) is 81.8 Å². The van der Waals surface area contributed by atoms with E-state index in [-0.39, 0.29) is 29.5 Å². The highest BCUT2D eigenvalue weighted by atomic mass is 35.5. The average Bonchev–Trinajstić information content (AvgIpc) is 2.32. The first kappa shape index (κ1) is 15.5. The van der Waals surface area contributed by atoms with Crippen LogP contribution >= 0.6 is 19.2 Å². The number of benzene rings is 1. The summed E-state index contributed by atoms with van der Waals surface area (Å²) in [7, 11) is -3.52. The molecule has 7 heteroatoms. The highest BCUT2D eigenvalue weighted by Gasteiger charge is 2.35. The smallest absolute Gasteiger partial charge is 0.351 e. The molecule has 3 N–H and O–H groups in total. The van der Waals surface area contributed by atoms with Crippen LogP contribution in [0.5, 0.6) is 5.75 Å². The molecule has 0 spiro atoms. The van der Waals surface area contributed by atoms with Crippen LogP contribution in [0.3, 0.4) is 0 Å². The molecule has 1 rings (SSSR count). The molecular formula is C11H17ClNO4P. The van der Waals surface area contributed by atoms with Gasteiger partial charge in [0.05, 0.1) is 18.2 Å². The van der Waals surface area contributed by atoms with Crippen molar-refractivity contribution in [3.8, 4) is 5.75 Å².